The van der Waals surface area contributed by atoms with Crippen LogP contribution in [0.15, 0.2) is 42.9 Å². The quantitative estimate of drug-likeness (QED) is 0.447. The van der Waals surface area contributed by atoms with Crippen LogP contribution in [0.4, 0.5) is 5.82 Å². The lowest BCUT2D eigenvalue weighted by molar-refractivity contribution is 0.103. The van der Waals surface area contributed by atoms with E-state index in [-0.39, 0.29) is 40.0 Å². The molecule has 6 nitrogen and oxygen atoms in total. The second-order valence-corrected chi connectivity index (χ2v) is 10.1. The molecule has 1 saturated carbocycles. The highest BCUT2D eigenvalue weighted by Gasteiger charge is 2.32. The largest absolute Gasteiger partial charge is 0.396 e. The van der Waals surface area contributed by atoms with Crippen LogP contribution >= 0.6 is 34.5 Å². The number of hydrogen-bond donors (Lipinski definition) is 2. The van der Waals surface area contributed by atoms with Crippen molar-refractivity contribution < 1.29 is 14.7 Å². The molecule has 4 rings (SSSR count). The second kappa shape index (κ2) is 9.67. The first-order valence-corrected chi connectivity index (χ1v) is 11.8. The van der Waals surface area contributed by atoms with Crippen molar-refractivity contribution >= 4 is 51.9 Å². The Balaban J connectivity index is 1.58. The average Bonchev–Trinajstić information content (AvgIpc) is 3.35. The van der Waals surface area contributed by atoms with Crippen LogP contribution in [0.25, 0.3) is 0 Å². The highest BCUT2D eigenvalue weighted by Crippen LogP contribution is 2.35. The smallest absolute Gasteiger partial charge is 0.208 e. The first-order valence-electron chi connectivity index (χ1n) is 10.2. The minimum atomic E-state index is -0.310. The Kier molecular flexibility index (Phi) is 6.90. The van der Waals surface area contributed by atoms with Crippen LogP contribution in [0.1, 0.15) is 50.9 Å². The molecule has 1 aliphatic rings. The maximum absolute atomic E-state index is 13.3. The molecule has 166 valence electrons. The summed E-state index contributed by atoms with van der Waals surface area (Å²) in [5.74, 6) is 0.438. The number of aromatic nitrogens is 2. The van der Waals surface area contributed by atoms with Crippen molar-refractivity contribution in [3.05, 3.63) is 73.8 Å². The van der Waals surface area contributed by atoms with E-state index in [2.05, 4.69) is 22.2 Å². The van der Waals surface area contributed by atoms with Gasteiger partial charge in [0.2, 0.25) is 5.78 Å². The fraction of sp³-hybridized carbons (Fsp3) is 0.304. The molecule has 0 amide bonds. The van der Waals surface area contributed by atoms with Crippen LogP contribution in [0.3, 0.4) is 0 Å². The number of carbonyl (C=O) groups is 2. The Labute approximate surface area is 199 Å². The van der Waals surface area contributed by atoms with Crippen LogP contribution in [0.5, 0.6) is 0 Å². The monoisotopic (exact) mass is 489 g/mol. The summed E-state index contributed by atoms with van der Waals surface area (Å²) in [7, 11) is 0. The second-order valence-electron chi connectivity index (χ2n) is 7.98. The Bertz CT molecular complexity index is 1170. The van der Waals surface area contributed by atoms with E-state index < -0.39 is 0 Å². The Hall–Kier alpha value is -2.32. The molecule has 3 aromatic rings. The van der Waals surface area contributed by atoms with Gasteiger partial charge >= 0.3 is 0 Å². The van der Waals surface area contributed by atoms with Gasteiger partial charge in [-0.25, -0.2) is 9.97 Å². The number of halogens is 2. The zero-order valence-electron chi connectivity index (χ0n) is 17.2. The van der Waals surface area contributed by atoms with Gasteiger partial charge in [-0.05, 0) is 42.9 Å². The number of thiophene rings is 1. The van der Waals surface area contributed by atoms with Gasteiger partial charge < -0.3 is 10.4 Å². The maximum Gasteiger partial charge on any atom is 0.208 e. The van der Waals surface area contributed by atoms with E-state index in [9.17, 15) is 14.7 Å². The van der Waals surface area contributed by atoms with Crippen molar-refractivity contribution in [2.24, 2.45) is 11.8 Å². The summed E-state index contributed by atoms with van der Waals surface area (Å²) in [4.78, 5) is 34.7. The molecule has 1 fully saturated rings. The number of rotatable bonds is 7. The van der Waals surface area contributed by atoms with E-state index in [0.29, 0.717) is 32.8 Å². The molecule has 0 spiro atoms. The highest BCUT2D eigenvalue weighted by atomic mass is 35.5. The van der Waals surface area contributed by atoms with Gasteiger partial charge in [-0.3, -0.25) is 9.59 Å². The van der Waals surface area contributed by atoms with E-state index in [1.165, 1.54) is 18.6 Å². The van der Waals surface area contributed by atoms with Crippen molar-refractivity contribution in [2.45, 2.75) is 25.8 Å². The number of nitrogens with zero attached hydrogens (tertiary/aromatic N) is 2. The van der Waals surface area contributed by atoms with E-state index in [1.807, 2.05) is 0 Å². The molecule has 0 unspecified atom stereocenters. The van der Waals surface area contributed by atoms with Crippen LogP contribution in [0, 0.1) is 11.8 Å². The summed E-state index contributed by atoms with van der Waals surface area (Å²) in [6.45, 7) is 2.26. The lowest BCUT2D eigenvalue weighted by Crippen LogP contribution is -2.19. The molecule has 0 aliphatic heterocycles. The molecule has 2 N–H and O–H groups in total. The minimum Gasteiger partial charge on any atom is -0.396 e. The van der Waals surface area contributed by atoms with Gasteiger partial charge in [-0.2, -0.15) is 0 Å². The number of aliphatic hydroxyl groups is 1. The third-order valence-electron chi connectivity index (χ3n) is 5.82. The van der Waals surface area contributed by atoms with Crippen LogP contribution in [-0.2, 0) is 0 Å². The molecule has 1 aliphatic carbocycles. The molecule has 0 radical (unpaired) electrons. The molecule has 0 saturated heterocycles. The van der Waals surface area contributed by atoms with E-state index in [4.69, 9.17) is 23.2 Å². The topological polar surface area (TPSA) is 92.2 Å². The van der Waals surface area contributed by atoms with Gasteiger partial charge in [0, 0.05) is 29.4 Å². The Morgan fingerprint density at radius 3 is 2.72 bits per heavy atom. The SMILES string of the molecule is C[C@H]1C[C@H](Nc2ncncc2C(=O)c2cc(C(=O)c3cccc(Cl)c3)c(Cl)s2)C[C@@H]1CO. The number of anilines is 1. The van der Waals surface area contributed by atoms with Crippen molar-refractivity contribution in [3.63, 3.8) is 0 Å². The molecule has 9 heteroatoms. The summed E-state index contributed by atoms with van der Waals surface area (Å²) in [5.41, 5.74) is 0.965. The molecule has 0 bridgehead atoms. The molecule has 1 aromatic carbocycles. The highest BCUT2D eigenvalue weighted by molar-refractivity contribution is 7.18. The lowest BCUT2D eigenvalue weighted by Gasteiger charge is -2.15. The van der Waals surface area contributed by atoms with Crippen LogP contribution < -0.4 is 5.32 Å². The average molecular weight is 490 g/mol. The minimum absolute atomic E-state index is 0.107. The number of aliphatic hydroxyl groups excluding tert-OH is 1. The number of hydrogen-bond acceptors (Lipinski definition) is 7. The zero-order valence-corrected chi connectivity index (χ0v) is 19.5. The molecule has 32 heavy (non-hydrogen) atoms. The predicted octanol–water partition coefficient (Wildman–Crippen LogP) is 5.13. The fourth-order valence-electron chi connectivity index (χ4n) is 4.07. The normalized spacial score (nSPS) is 20.3. The third-order valence-corrected chi connectivity index (χ3v) is 7.41. The number of carbonyl (C=O) groups excluding carboxylic acids is 2. The predicted molar refractivity (Wildman–Crippen MR) is 126 cm³/mol. The van der Waals surface area contributed by atoms with Crippen molar-refractivity contribution in [2.75, 3.05) is 11.9 Å². The first kappa shape index (κ1) is 22.9. The van der Waals surface area contributed by atoms with Crippen LogP contribution in [0.2, 0.25) is 9.36 Å². The Morgan fingerprint density at radius 2 is 2.00 bits per heavy atom. The summed E-state index contributed by atoms with van der Waals surface area (Å²) in [5, 5.41) is 13.3. The lowest BCUT2D eigenvalue weighted by atomic mass is 10.00. The van der Waals surface area contributed by atoms with Gasteiger partial charge in [-0.1, -0.05) is 42.3 Å². The third kappa shape index (κ3) is 4.71. The number of nitrogens with one attached hydrogen (secondary N) is 1. The summed E-state index contributed by atoms with van der Waals surface area (Å²) < 4.78 is 0.236. The summed E-state index contributed by atoms with van der Waals surface area (Å²) in [6.07, 6.45) is 4.53. The molecule has 2 heterocycles. The van der Waals surface area contributed by atoms with Crippen molar-refractivity contribution in [1.82, 2.24) is 9.97 Å². The van der Waals surface area contributed by atoms with Crippen molar-refractivity contribution in [1.29, 1.82) is 0 Å². The zero-order chi connectivity index (χ0) is 22.8. The Morgan fingerprint density at radius 1 is 1.19 bits per heavy atom. The summed E-state index contributed by atoms with van der Waals surface area (Å²) in [6, 6.07) is 8.20. The fourth-order valence-corrected chi connectivity index (χ4v) is 5.48. The standard InChI is InChI=1S/C23H21Cl2N3O3S/c1-12-5-16(7-14(12)10-29)28-23-18(9-26-11-27-23)21(31)19-8-17(22(25)32-19)20(30)13-3-2-4-15(24)6-13/h2-4,6,8-9,11-12,14,16,29H,5,7,10H2,1H3,(H,26,27,28)/t12-,14+,16-/m0/s1. The van der Waals surface area contributed by atoms with E-state index in [1.54, 1.807) is 24.3 Å². The molecule has 3 atom stereocenters. The number of benzene rings is 1. The molecule has 2 aromatic heterocycles. The van der Waals surface area contributed by atoms with Crippen molar-refractivity contribution in [3.8, 4) is 0 Å². The molecular formula is C23H21Cl2N3O3S. The summed E-state index contributed by atoms with van der Waals surface area (Å²) >= 11 is 13.4. The van der Waals surface area contributed by atoms with Gasteiger partial charge in [0.1, 0.15) is 16.5 Å². The van der Waals surface area contributed by atoms with Gasteiger partial charge in [-0.15, -0.1) is 11.3 Å². The molecular weight excluding hydrogens is 469 g/mol. The van der Waals surface area contributed by atoms with Crippen LogP contribution in [-0.4, -0.2) is 39.3 Å². The van der Waals surface area contributed by atoms with Gasteiger partial charge in [0.15, 0.2) is 5.78 Å². The maximum atomic E-state index is 13.3. The van der Waals surface area contributed by atoms with Gasteiger partial charge in [0.25, 0.3) is 0 Å². The van der Waals surface area contributed by atoms with Gasteiger partial charge in [0.05, 0.1) is 16.0 Å². The van der Waals surface area contributed by atoms with E-state index in [0.717, 1.165) is 24.2 Å². The van der Waals surface area contributed by atoms with E-state index >= 15 is 0 Å². The first-order chi connectivity index (χ1) is 15.4. The number of ketones is 2.